The lowest BCUT2D eigenvalue weighted by Crippen LogP contribution is -2.36. The number of rotatable bonds is 4. The molecule has 1 aromatic carbocycles. The minimum atomic E-state index is -0.990. The molecule has 0 fully saturated rings. The summed E-state index contributed by atoms with van der Waals surface area (Å²) in [6, 6.07) is 3.28. The first-order valence-corrected chi connectivity index (χ1v) is 5.94. The molecule has 0 bridgehead atoms. The number of benzene rings is 1. The summed E-state index contributed by atoms with van der Waals surface area (Å²) in [6.45, 7) is 5.22. The predicted molar refractivity (Wildman–Crippen MR) is 67.5 cm³/mol. The fourth-order valence-electron chi connectivity index (χ4n) is 1.34. The number of carbonyl (C=O) groups excluding carboxylic acids is 2. The van der Waals surface area contributed by atoms with Crippen molar-refractivity contribution >= 4 is 11.7 Å². The number of nitrogens with one attached hydrogen (secondary N) is 1. The van der Waals surface area contributed by atoms with E-state index in [2.05, 4.69) is 5.32 Å². The molecule has 0 spiro atoms. The molecule has 0 aliphatic carbocycles. The monoisotopic (exact) mass is 269 g/mol. The lowest BCUT2D eigenvalue weighted by atomic mass is 9.91. The highest BCUT2D eigenvalue weighted by molar-refractivity contribution is 5.89. The van der Waals surface area contributed by atoms with Gasteiger partial charge in [-0.05, 0) is 17.7 Å². The van der Waals surface area contributed by atoms with Crippen molar-refractivity contribution < 1.29 is 18.4 Å². The molecule has 5 heteroatoms. The summed E-state index contributed by atoms with van der Waals surface area (Å²) in [6.07, 6.45) is -0.0887. The van der Waals surface area contributed by atoms with Crippen LogP contribution in [0.1, 0.15) is 26.3 Å². The van der Waals surface area contributed by atoms with Crippen LogP contribution in [0.4, 0.5) is 8.78 Å². The summed E-state index contributed by atoms with van der Waals surface area (Å²) in [7, 11) is 0. The maximum Gasteiger partial charge on any atom is 0.224 e. The molecule has 1 rings (SSSR count). The minimum absolute atomic E-state index is 0.0635. The fraction of sp³-hybridized carbons (Fsp3) is 0.429. The normalized spacial score (nSPS) is 11.2. The lowest BCUT2D eigenvalue weighted by Gasteiger charge is -2.16. The molecule has 1 aromatic rings. The highest BCUT2D eigenvalue weighted by atomic mass is 19.2. The van der Waals surface area contributed by atoms with Gasteiger partial charge >= 0.3 is 0 Å². The average molecular weight is 269 g/mol. The average Bonchev–Trinajstić information content (AvgIpc) is 2.29. The van der Waals surface area contributed by atoms with Gasteiger partial charge in [0.15, 0.2) is 17.4 Å². The smallest absolute Gasteiger partial charge is 0.224 e. The summed E-state index contributed by atoms with van der Waals surface area (Å²) >= 11 is 0. The second kappa shape index (κ2) is 5.91. The van der Waals surface area contributed by atoms with Crippen molar-refractivity contribution in [1.29, 1.82) is 0 Å². The Morgan fingerprint density at radius 3 is 2.32 bits per heavy atom. The number of halogens is 2. The van der Waals surface area contributed by atoms with Gasteiger partial charge in [0, 0.05) is 5.41 Å². The fourth-order valence-corrected chi connectivity index (χ4v) is 1.34. The van der Waals surface area contributed by atoms with E-state index in [1.54, 1.807) is 20.8 Å². The molecule has 0 radical (unpaired) electrons. The number of hydrogen-bond acceptors (Lipinski definition) is 2. The molecule has 0 aromatic heterocycles. The van der Waals surface area contributed by atoms with Crippen LogP contribution in [0.2, 0.25) is 0 Å². The van der Waals surface area contributed by atoms with E-state index in [0.29, 0.717) is 5.56 Å². The van der Waals surface area contributed by atoms with Gasteiger partial charge in [-0.15, -0.1) is 0 Å². The molecule has 0 unspecified atom stereocenters. The third-order valence-corrected chi connectivity index (χ3v) is 2.63. The Labute approximate surface area is 111 Å². The number of ketones is 1. The summed E-state index contributed by atoms with van der Waals surface area (Å²) in [5, 5.41) is 2.47. The Morgan fingerprint density at radius 1 is 1.16 bits per heavy atom. The van der Waals surface area contributed by atoms with Gasteiger partial charge in [-0.1, -0.05) is 26.8 Å². The topological polar surface area (TPSA) is 46.2 Å². The van der Waals surface area contributed by atoms with Crippen LogP contribution in [0.25, 0.3) is 0 Å². The van der Waals surface area contributed by atoms with Gasteiger partial charge in [0.2, 0.25) is 5.91 Å². The van der Waals surface area contributed by atoms with Gasteiger partial charge in [0.1, 0.15) is 0 Å². The summed E-state index contributed by atoms with van der Waals surface area (Å²) in [4.78, 5) is 23.2. The van der Waals surface area contributed by atoms with Gasteiger partial charge < -0.3 is 5.32 Å². The Kier molecular flexibility index (Phi) is 4.75. The molecule has 0 saturated carbocycles. The van der Waals surface area contributed by atoms with Crippen molar-refractivity contribution in [2.24, 2.45) is 5.41 Å². The Balaban J connectivity index is 2.52. The number of hydrogen-bond donors (Lipinski definition) is 1. The highest BCUT2D eigenvalue weighted by Crippen LogP contribution is 2.13. The molecule has 0 heterocycles. The lowest BCUT2D eigenvalue weighted by molar-refractivity contribution is -0.128. The molecule has 19 heavy (non-hydrogen) atoms. The summed E-state index contributed by atoms with van der Waals surface area (Å²) in [5.41, 5.74) is -0.158. The second-order valence-electron chi connectivity index (χ2n) is 5.38. The van der Waals surface area contributed by atoms with Gasteiger partial charge in [0.25, 0.3) is 0 Å². The van der Waals surface area contributed by atoms with Gasteiger partial charge in [0.05, 0.1) is 13.0 Å². The molecule has 0 atom stereocenters. The largest absolute Gasteiger partial charge is 0.349 e. The van der Waals surface area contributed by atoms with E-state index < -0.39 is 23.0 Å². The third-order valence-electron chi connectivity index (χ3n) is 2.63. The van der Waals surface area contributed by atoms with Crippen LogP contribution in [-0.2, 0) is 16.0 Å². The maximum atomic E-state index is 12.9. The first-order chi connectivity index (χ1) is 8.70. The van der Waals surface area contributed by atoms with Crippen LogP contribution in [0, 0.1) is 17.0 Å². The minimum Gasteiger partial charge on any atom is -0.349 e. The summed E-state index contributed by atoms with van der Waals surface area (Å²) in [5.74, 6) is -2.43. The molecule has 1 amide bonds. The second-order valence-corrected chi connectivity index (χ2v) is 5.38. The standard InChI is InChI=1S/C14H17F2NO2/c1-14(2,3)12(18)8-17-13(19)7-9-4-5-10(15)11(16)6-9/h4-6H,7-8H2,1-3H3,(H,17,19). The van der Waals surface area contributed by atoms with Gasteiger partial charge in [-0.25, -0.2) is 8.78 Å². The Bertz CT molecular complexity index is 493. The number of amides is 1. The molecular weight excluding hydrogens is 252 g/mol. The Hall–Kier alpha value is -1.78. The van der Waals surface area contributed by atoms with Crippen LogP contribution < -0.4 is 5.32 Å². The van der Waals surface area contributed by atoms with Crippen LogP contribution in [-0.4, -0.2) is 18.2 Å². The van der Waals surface area contributed by atoms with E-state index in [4.69, 9.17) is 0 Å². The zero-order valence-electron chi connectivity index (χ0n) is 11.2. The zero-order chi connectivity index (χ0) is 14.6. The molecule has 0 aliphatic rings. The number of Topliss-reactive ketones (excluding diaryl/α,β-unsaturated/α-hetero) is 1. The highest BCUT2D eigenvalue weighted by Gasteiger charge is 2.21. The molecule has 0 aliphatic heterocycles. The van der Waals surface area contributed by atoms with Crippen molar-refractivity contribution in [3.05, 3.63) is 35.4 Å². The quantitative estimate of drug-likeness (QED) is 0.911. The van der Waals surface area contributed by atoms with E-state index in [0.717, 1.165) is 12.1 Å². The molecule has 0 saturated heterocycles. The first-order valence-electron chi connectivity index (χ1n) is 5.94. The maximum absolute atomic E-state index is 12.9. The van der Waals surface area contributed by atoms with Crippen LogP contribution in [0.15, 0.2) is 18.2 Å². The van der Waals surface area contributed by atoms with Gasteiger partial charge in [-0.3, -0.25) is 9.59 Å². The van der Waals surface area contributed by atoms with Crippen molar-refractivity contribution in [2.45, 2.75) is 27.2 Å². The summed E-state index contributed by atoms with van der Waals surface area (Å²) < 4.78 is 25.6. The van der Waals surface area contributed by atoms with Crippen molar-refractivity contribution in [2.75, 3.05) is 6.54 Å². The Morgan fingerprint density at radius 2 is 1.79 bits per heavy atom. The zero-order valence-corrected chi connectivity index (χ0v) is 11.2. The van der Waals surface area contributed by atoms with Crippen molar-refractivity contribution in [3.63, 3.8) is 0 Å². The van der Waals surface area contributed by atoms with E-state index in [1.807, 2.05) is 0 Å². The molecule has 1 N–H and O–H groups in total. The van der Waals surface area contributed by atoms with E-state index >= 15 is 0 Å². The molecule has 104 valence electrons. The molecule has 3 nitrogen and oxygen atoms in total. The van der Waals surface area contributed by atoms with Crippen LogP contribution in [0.5, 0.6) is 0 Å². The van der Waals surface area contributed by atoms with E-state index in [9.17, 15) is 18.4 Å². The number of carbonyl (C=O) groups is 2. The third kappa shape index (κ3) is 4.77. The van der Waals surface area contributed by atoms with Crippen LogP contribution >= 0.6 is 0 Å². The first kappa shape index (κ1) is 15.3. The SMILES string of the molecule is CC(C)(C)C(=O)CNC(=O)Cc1ccc(F)c(F)c1. The predicted octanol–water partition coefficient (Wildman–Crippen LogP) is 2.24. The van der Waals surface area contributed by atoms with Gasteiger partial charge in [-0.2, -0.15) is 0 Å². The van der Waals surface area contributed by atoms with Crippen molar-refractivity contribution in [1.82, 2.24) is 5.32 Å². The van der Waals surface area contributed by atoms with Crippen molar-refractivity contribution in [3.8, 4) is 0 Å². The molecular formula is C14H17F2NO2. The van der Waals surface area contributed by atoms with E-state index in [1.165, 1.54) is 6.07 Å². The van der Waals surface area contributed by atoms with Crippen LogP contribution in [0.3, 0.4) is 0 Å². The van der Waals surface area contributed by atoms with E-state index in [-0.39, 0.29) is 18.7 Å².